The van der Waals surface area contributed by atoms with Crippen LogP contribution in [-0.2, 0) is 22.9 Å². The Kier molecular flexibility index (Phi) is 10.8. The topological polar surface area (TPSA) is 82.5 Å². The van der Waals surface area contributed by atoms with E-state index in [0.29, 0.717) is 22.6 Å². The van der Waals surface area contributed by atoms with Gasteiger partial charge < -0.3 is 10.4 Å². The summed E-state index contributed by atoms with van der Waals surface area (Å²) in [5, 5.41) is 14.1. The lowest BCUT2D eigenvalue weighted by Crippen LogP contribution is -2.46. The van der Waals surface area contributed by atoms with Gasteiger partial charge in [0.1, 0.15) is 0 Å². The molecule has 6 nitrogen and oxygen atoms in total. The number of benzene rings is 2. The Bertz CT molecular complexity index is 1280. The molecular formula is C32H45N3O3S. The molecule has 2 aromatic carbocycles. The summed E-state index contributed by atoms with van der Waals surface area (Å²) >= 11 is 0. The van der Waals surface area contributed by atoms with Crippen molar-refractivity contribution in [1.82, 2.24) is 14.6 Å². The van der Waals surface area contributed by atoms with Gasteiger partial charge >= 0.3 is 0 Å². The normalized spacial score (nSPS) is 13.1. The van der Waals surface area contributed by atoms with E-state index >= 15 is 0 Å². The van der Waals surface area contributed by atoms with Crippen molar-refractivity contribution >= 4 is 10.0 Å². The molecule has 7 heteroatoms. The summed E-state index contributed by atoms with van der Waals surface area (Å²) in [7, 11) is -2.24. The van der Waals surface area contributed by atoms with Crippen molar-refractivity contribution in [2.24, 2.45) is 0 Å². The van der Waals surface area contributed by atoms with Crippen LogP contribution in [0.3, 0.4) is 0 Å². The van der Waals surface area contributed by atoms with Crippen molar-refractivity contribution < 1.29 is 13.5 Å². The molecule has 0 fully saturated rings. The highest BCUT2D eigenvalue weighted by Crippen LogP contribution is 2.29. The van der Waals surface area contributed by atoms with Crippen LogP contribution in [0.5, 0.6) is 0 Å². The van der Waals surface area contributed by atoms with Crippen molar-refractivity contribution in [3.63, 3.8) is 0 Å². The molecule has 1 atom stereocenters. The van der Waals surface area contributed by atoms with Gasteiger partial charge in [-0.3, -0.25) is 4.98 Å². The second kappa shape index (κ2) is 13.7. The molecule has 0 aliphatic rings. The lowest BCUT2D eigenvalue weighted by Gasteiger charge is -2.29. The van der Waals surface area contributed by atoms with Crippen LogP contribution in [0.15, 0.2) is 65.7 Å². The minimum Gasteiger partial charge on any atom is -0.390 e. The third-order valence-electron chi connectivity index (χ3n) is 7.19. The highest BCUT2D eigenvalue weighted by molar-refractivity contribution is 7.89. The summed E-state index contributed by atoms with van der Waals surface area (Å²) in [6.07, 6.45) is 5.99. The van der Waals surface area contributed by atoms with Gasteiger partial charge in [0.2, 0.25) is 10.0 Å². The lowest BCUT2D eigenvalue weighted by molar-refractivity contribution is 0.138. The number of aromatic nitrogens is 1. The minimum absolute atomic E-state index is 0.0128. The van der Waals surface area contributed by atoms with Gasteiger partial charge in [-0.2, -0.15) is 4.31 Å². The molecule has 0 aliphatic carbocycles. The van der Waals surface area contributed by atoms with Crippen LogP contribution in [0.4, 0.5) is 0 Å². The Morgan fingerprint density at radius 3 is 2.26 bits per heavy atom. The predicted octanol–water partition coefficient (Wildman–Crippen LogP) is 5.69. The molecule has 0 bridgehead atoms. The van der Waals surface area contributed by atoms with Gasteiger partial charge in [0.05, 0.1) is 11.0 Å². The van der Waals surface area contributed by atoms with E-state index in [1.165, 1.54) is 16.9 Å². The van der Waals surface area contributed by atoms with E-state index < -0.39 is 16.1 Å². The molecular weight excluding hydrogens is 506 g/mol. The van der Waals surface area contributed by atoms with Crippen LogP contribution in [-0.4, -0.2) is 54.6 Å². The van der Waals surface area contributed by atoms with Crippen molar-refractivity contribution in [2.75, 3.05) is 20.1 Å². The van der Waals surface area contributed by atoms with E-state index in [1.54, 1.807) is 0 Å². The van der Waals surface area contributed by atoms with Crippen LogP contribution >= 0.6 is 0 Å². The Morgan fingerprint density at radius 1 is 1.00 bits per heavy atom. The second-order valence-electron chi connectivity index (χ2n) is 11.3. The molecule has 1 heterocycles. The number of aliphatic hydroxyl groups is 1. The Balaban J connectivity index is 1.60. The zero-order valence-electron chi connectivity index (χ0n) is 24.4. The van der Waals surface area contributed by atoms with Crippen molar-refractivity contribution in [3.05, 3.63) is 83.2 Å². The smallest absolute Gasteiger partial charge is 0.243 e. The fourth-order valence-electron chi connectivity index (χ4n) is 5.00. The Hall–Kier alpha value is -2.58. The van der Waals surface area contributed by atoms with Gasteiger partial charge in [-0.05, 0) is 81.7 Å². The Labute approximate surface area is 235 Å². The molecule has 3 aromatic rings. The van der Waals surface area contributed by atoms with E-state index in [1.807, 2.05) is 50.4 Å². The SMILES string of the molecule is CCCc1ccc(-c2cc(C)c(S(=O)(=O)N(C)C[C@H](O)CNC(C)(C)CCCc3ccccc3)c(C)c2)cn1. The fourth-order valence-corrected chi connectivity index (χ4v) is 6.61. The highest BCUT2D eigenvalue weighted by atomic mass is 32.2. The van der Waals surface area contributed by atoms with E-state index in [0.717, 1.165) is 48.9 Å². The third-order valence-corrected chi connectivity index (χ3v) is 9.32. The maximum absolute atomic E-state index is 13.5. The standard InChI is InChI=1S/C32H45N3O3S/c1-7-12-29-17-16-27(21-33-29)28-19-24(2)31(25(3)20-28)39(37,38)35(6)23-30(36)22-34-32(4,5)18-11-15-26-13-9-8-10-14-26/h8-10,13-14,16-17,19-21,30,34,36H,7,11-12,15,18,22-23H2,1-6H3/t30-/m1/s1. The van der Waals surface area contributed by atoms with Crippen molar-refractivity contribution in [1.29, 1.82) is 0 Å². The molecule has 0 spiro atoms. The monoisotopic (exact) mass is 551 g/mol. The van der Waals surface area contributed by atoms with Gasteiger partial charge in [-0.1, -0.05) is 61.9 Å². The summed E-state index contributed by atoms with van der Waals surface area (Å²) in [5.41, 5.74) is 5.48. The van der Waals surface area contributed by atoms with Crippen LogP contribution < -0.4 is 5.32 Å². The maximum Gasteiger partial charge on any atom is 0.243 e. The fraction of sp³-hybridized carbons (Fsp3) is 0.469. The van der Waals surface area contributed by atoms with Crippen LogP contribution in [0.1, 0.15) is 62.4 Å². The summed E-state index contributed by atoms with van der Waals surface area (Å²) in [4.78, 5) is 4.84. The molecule has 0 amide bonds. The predicted molar refractivity (Wildman–Crippen MR) is 160 cm³/mol. The average Bonchev–Trinajstić information content (AvgIpc) is 2.88. The first-order chi connectivity index (χ1) is 18.4. The van der Waals surface area contributed by atoms with Gasteiger partial charge in [0.15, 0.2) is 0 Å². The lowest BCUT2D eigenvalue weighted by atomic mass is 9.95. The van der Waals surface area contributed by atoms with Crippen LogP contribution in [0.25, 0.3) is 11.1 Å². The molecule has 0 saturated carbocycles. The Morgan fingerprint density at radius 2 is 1.67 bits per heavy atom. The number of β-amino-alcohol motifs (C(OH)–C–C–N with tert-alkyl or cyclic N) is 1. The highest BCUT2D eigenvalue weighted by Gasteiger charge is 2.28. The molecule has 212 valence electrons. The van der Waals surface area contributed by atoms with Gasteiger partial charge in [0.25, 0.3) is 0 Å². The first-order valence-corrected chi connectivity index (χ1v) is 15.4. The number of aliphatic hydroxyl groups excluding tert-OH is 1. The van der Waals surface area contributed by atoms with Crippen LogP contribution in [0.2, 0.25) is 0 Å². The number of nitrogens with zero attached hydrogens (tertiary/aromatic N) is 2. The van der Waals surface area contributed by atoms with Crippen molar-refractivity contribution in [2.45, 2.75) is 83.3 Å². The zero-order valence-corrected chi connectivity index (χ0v) is 25.2. The number of hydrogen-bond donors (Lipinski definition) is 2. The van der Waals surface area contributed by atoms with Crippen LogP contribution in [0, 0.1) is 13.8 Å². The largest absolute Gasteiger partial charge is 0.390 e. The second-order valence-corrected chi connectivity index (χ2v) is 13.3. The molecule has 3 rings (SSSR count). The van der Waals surface area contributed by atoms with E-state index in [-0.39, 0.29) is 12.1 Å². The molecule has 0 radical (unpaired) electrons. The van der Waals surface area contributed by atoms with E-state index in [9.17, 15) is 13.5 Å². The molecule has 1 aromatic heterocycles. The number of rotatable bonds is 14. The number of nitrogens with one attached hydrogen (secondary N) is 1. The number of pyridine rings is 1. The van der Waals surface area contributed by atoms with E-state index in [4.69, 9.17) is 0 Å². The molecule has 0 saturated heterocycles. The van der Waals surface area contributed by atoms with Crippen molar-refractivity contribution in [3.8, 4) is 11.1 Å². The third kappa shape index (κ3) is 8.70. The maximum atomic E-state index is 13.5. The number of likely N-dealkylation sites (N-methyl/N-ethyl adjacent to an activating group) is 1. The molecule has 0 unspecified atom stereocenters. The molecule has 2 N–H and O–H groups in total. The summed E-state index contributed by atoms with van der Waals surface area (Å²) < 4.78 is 28.3. The zero-order chi connectivity index (χ0) is 28.6. The van der Waals surface area contributed by atoms with E-state index in [2.05, 4.69) is 55.3 Å². The summed E-state index contributed by atoms with van der Waals surface area (Å²) in [6.45, 7) is 10.3. The molecule has 0 aliphatic heterocycles. The van der Waals surface area contributed by atoms with Gasteiger partial charge in [0, 0.05) is 43.1 Å². The quantitative estimate of drug-likeness (QED) is 0.269. The van der Waals surface area contributed by atoms with Gasteiger partial charge in [-0.25, -0.2) is 8.42 Å². The minimum atomic E-state index is -3.78. The average molecular weight is 552 g/mol. The first kappa shape index (κ1) is 31.0. The number of aryl methyl sites for hydroxylation is 4. The first-order valence-electron chi connectivity index (χ1n) is 13.9. The number of hydrogen-bond acceptors (Lipinski definition) is 5. The summed E-state index contributed by atoms with van der Waals surface area (Å²) in [6, 6.07) is 18.3. The summed E-state index contributed by atoms with van der Waals surface area (Å²) in [5.74, 6) is 0. The van der Waals surface area contributed by atoms with Gasteiger partial charge in [-0.15, -0.1) is 0 Å². The number of sulfonamides is 1. The molecule has 39 heavy (non-hydrogen) atoms.